The molecule has 0 radical (unpaired) electrons. The first kappa shape index (κ1) is 13.3. The predicted octanol–water partition coefficient (Wildman–Crippen LogP) is 3.44. The number of nitrogens with one attached hydrogen (secondary N) is 1. The summed E-state index contributed by atoms with van der Waals surface area (Å²) >= 11 is 0. The molecule has 1 atom stereocenters. The predicted molar refractivity (Wildman–Crippen MR) is 68.7 cm³/mol. The normalized spacial score (nSPS) is 12.6. The van der Waals surface area contributed by atoms with Gasteiger partial charge in [0.1, 0.15) is 5.60 Å². The average Bonchev–Trinajstić information content (AvgIpc) is 2.24. The van der Waals surface area contributed by atoms with Crippen molar-refractivity contribution >= 4 is 6.09 Å². The Bertz CT molecular complexity index is 379. The van der Waals surface area contributed by atoms with Crippen LogP contribution < -0.4 is 5.32 Å². The smallest absolute Gasteiger partial charge is 0.408 e. The first-order valence-electron chi connectivity index (χ1n) is 5.59. The van der Waals surface area contributed by atoms with Crippen LogP contribution in [0.2, 0.25) is 0 Å². The molecule has 1 aromatic rings. The number of hydrogen-bond acceptors (Lipinski definition) is 2. The lowest BCUT2D eigenvalue weighted by molar-refractivity contribution is 0.0514. The summed E-state index contributed by atoms with van der Waals surface area (Å²) < 4.78 is 5.19. The van der Waals surface area contributed by atoms with Gasteiger partial charge in [0.15, 0.2) is 0 Å². The molecule has 0 bridgehead atoms. The highest BCUT2D eigenvalue weighted by Gasteiger charge is 2.18. The third-order valence-corrected chi connectivity index (χ3v) is 2.07. The number of alkyl carbamates (subject to hydrolysis) is 1. The van der Waals surface area contributed by atoms with Gasteiger partial charge in [-0.05, 0) is 26.3 Å². The lowest BCUT2D eigenvalue weighted by atomic mass is 10.1. The summed E-state index contributed by atoms with van der Waals surface area (Å²) in [5, 5.41) is 2.76. The van der Waals surface area contributed by atoms with Gasteiger partial charge in [0.2, 0.25) is 0 Å². The van der Waals surface area contributed by atoms with Gasteiger partial charge in [-0.2, -0.15) is 0 Å². The van der Waals surface area contributed by atoms with E-state index in [1.807, 2.05) is 51.1 Å². The Hall–Kier alpha value is -1.77. The summed E-state index contributed by atoms with van der Waals surface area (Å²) in [6.45, 7) is 9.21. The van der Waals surface area contributed by atoms with Crippen LogP contribution in [0.4, 0.5) is 4.79 Å². The van der Waals surface area contributed by atoms with Gasteiger partial charge in [-0.3, -0.25) is 0 Å². The number of rotatable bonds is 3. The zero-order valence-corrected chi connectivity index (χ0v) is 10.6. The van der Waals surface area contributed by atoms with Crippen LogP contribution in [0.15, 0.2) is 43.0 Å². The second-order valence-electron chi connectivity index (χ2n) is 4.77. The summed E-state index contributed by atoms with van der Waals surface area (Å²) in [4.78, 5) is 11.6. The number of amides is 1. The molecule has 0 aromatic heterocycles. The van der Waals surface area contributed by atoms with E-state index in [1.54, 1.807) is 6.08 Å². The van der Waals surface area contributed by atoms with Crippen molar-refractivity contribution in [2.45, 2.75) is 32.4 Å². The highest BCUT2D eigenvalue weighted by atomic mass is 16.6. The average molecular weight is 233 g/mol. The van der Waals surface area contributed by atoms with Crippen molar-refractivity contribution in [3.8, 4) is 0 Å². The molecular weight excluding hydrogens is 214 g/mol. The topological polar surface area (TPSA) is 38.3 Å². The Balaban J connectivity index is 2.66. The molecule has 3 heteroatoms. The minimum atomic E-state index is -0.494. The van der Waals surface area contributed by atoms with Gasteiger partial charge in [0, 0.05) is 0 Å². The fourth-order valence-corrected chi connectivity index (χ4v) is 1.37. The largest absolute Gasteiger partial charge is 0.444 e. The van der Waals surface area contributed by atoms with Crippen molar-refractivity contribution in [1.29, 1.82) is 0 Å². The molecule has 0 aliphatic heterocycles. The number of carbonyl (C=O) groups is 1. The molecule has 17 heavy (non-hydrogen) atoms. The Morgan fingerprint density at radius 1 is 1.35 bits per heavy atom. The molecular formula is C14H19NO2. The fraction of sp³-hybridized carbons (Fsp3) is 0.357. The molecule has 0 saturated heterocycles. The van der Waals surface area contributed by atoms with Crippen LogP contribution in [0.5, 0.6) is 0 Å². The third-order valence-electron chi connectivity index (χ3n) is 2.07. The van der Waals surface area contributed by atoms with Gasteiger partial charge in [-0.25, -0.2) is 4.79 Å². The standard InChI is InChI=1S/C14H19NO2/c1-5-12(11-9-7-6-8-10-11)15-13(16)17-14(2,3)4/h5-10,12H,1H2,2-4H3,(H,15,16). The Morgan fingerprint density at radius 2 is 1.94 bits per heavy atom. The van der Waals surface area contributed by atoms with E-state index in [-0.39, 0.29) is 6.04 Å². The Labute approximate surface area is 102 Å². The number of hydrogen-bond donors (Lipinski definition) is 1. The van der Waals surface area contributed by atoms with Crippen molar-refractivity contribution in [2.24, 2.45) is 0 Å². The molecule has 92 valence electrons. The molecule has 1 amide bonds. The van der Waals surface area contributed by atoms with Crippen LogP contribution in [0.1, 0.15) is 32.4 Å². The van der Waals surface area contributed by atoms with Gasteiger partial charge in [0.05, 0.1) is 6.04 Å². The molecule has 3 nitrogen and oxygen atoms in total. The van der Waals surface area contributed by atoms with Gasteiger partial charge in [0.25, 0.3) is 0 Å². The van der Waals surface area contributed by atoms with Crippen LogP contribution in [0.3, 0.4) is 0 Å². The van der Waals surface area contributed by atoms with E-state index in [2.05, 4.69) is 11.9 Å². The maximum atomic E-state index is 11.6. The van der Waals surface area contributed by atoms with Gasteiger partial charge < -0.3 is 10.1 Å². The van der Waals surface area contributed by atoms with Crippen LogP contribution in [-0.2, 0) is 4.74 Å². The van der Waals surface area contributed by atoms with Crippen LogP contribution in [-0.4, -0.2) is 11.7 Å². The molecule has 0 heterocycles. The summed E-state index contributed by atoms with van der Waals surface area (Å²) in [5.41, 5.74) is 0.486. The lowest BCUT2D eigenvalue weighted by Crippen LogP contribution is -2.34. The molecule has 0 aliphatic carbocycles. The van der Waals surface area contributed by atoms with E-state index in [0.29, 0.717) is 0 Å². The highest BCUT2D eigenvalue weighted by Crippen LogP contribution is 2.14. The van der Waals surface area contributed by atoms with Crippen LogP contribution in [0.25, 0.3) is 0 Å². The summed E-state index contributed by atoms with van der Waals surface area (Å²) in [5.74, 6) is 0. The number of benzene rings is 1. The molecule has 1 unspecified atom stereocenters. The van der Waals surface area contributed by atoms with Gasteiger partial charge >= 0.3 is 6.09 Å². The highest BCUT2D eigenvalue weighted by molar-refractivity contribution is 5.68. The minimum Gasteiger partial charge on any atom is -0.444 e. The fourth-order valence-electron chi connectivity index (χ4n) is 1.37. The Kier molecular flexibility index (Phi) is 4.32. The Morgan fingerprint density at radius 3 is 2.41 bits per heavy atom. The first-order chi connectivity index (χ1) is 7.92. The SMILES string of the molecule is C=CC(NC(=O)OC(C)(C)C)c1ccccc1. The zero-order chi connectivity index (χ0) is 12.9. The van der Waals surface area contributed by atoms with E-state index in [0.717, 1.165) is 5.56 Å². The molecule has 0 spiro atoms. The maximum Gasteiger partial charge on any atom is 0.408 e. The van der Waals surface area contributed by atoms with E-state index in [4.69, 9.17) is 4.74 Å². The molecule has 0 fully saturated rings. The molecule has 1 N–H and O–H groups in total. The molecule has 1 aromatic carbocycles. The number of carbonyl (C=O) groups excluding carboxylic acids is 1. The van der Waals surface area contributed by atoms with E-state index >= 15 is 0 Å². The van der Waals surface area contributed by atoms with Crippen LogP contribution >= 0.6 is 0 Å². The van der Waals surface area contributed by atoms with Crippen LogP contribution in [0, 0.1) is 0 Å². The third kappa shape index (κ3) is 4.72. The van der Waals surface area contributed by atoms with E-state index < -0.39 is 11.7 Å². The number of ether oxygens (including phenoxy) is 1. The second-order valence-corrected chi connectivity index (χ2v) is 4.77. The minimum absolute atomic E-state index is 0.231. The van der Waals surface area contributed by atoms with Gasteiger partial charge in [-0.15, -0.1) is 6.58 Å². The second kappa shape index (κ2) is 5.53. The van der Waals surface area contributed by atoms with Crippen molar-refractivity contribution in [2.75, 3.05) is 0 Å². The quantitative estimate of drug-likeness (QED) is 0.812. The van der Waals surface area contributed by atoms with Crippen molar-refractivity contribution in [3.63, 3.8) is 0 Å². The monoisotopic (exact) mass is 233 g/mol. The van der Waals surface area contributed by atoms with E-state index in [1.165, 1.54) is 0 Å². The summed E-state index contributed by atoms with van der Waals surface area (Å²) in [6, 6.07) is 9.40. The van der Waals surface area contributed by atoms with Crippen molar-refractivity contribution < 1.29 is 9.53 Å². The van der Waals surface area contributed by atoms with Crippen molar-refractivity contribution in [1.82, 2.24) is 5.32 Å². The maximum absolute atomic E-state index is 11.6. The molecule has 0 saturated carbocycles. The first-order valence-corrected chi connectivity index (χ1v) is 5.59. The van der Waals surface area contributed by atoms with E-state index in [9.17, 15) is 4.79 Å². The zero-order valence-electron chi connectivity index (χ0n) is 10.6. The molecule has 1 rings (SSSR count). The van der Waals surface area contributed by atoms with Gasteiger partial charge in [-0.1, -0.05) is 36.4 Å². The van der Waals surface area contributed by atoms with Crippen molar-refractivity contribution in [3.05, 3.63) is 48.6 Å². The summed E-state index contributed by atoms with van der Waals surface area (Å²) in [6.07, 6.45) is 1.24. The summed E-state index contributed by atoms with van der Waals surface area (Å²) in [7, 11) is 0. The lowest BCUT2D eigenvalue weighted by Gasteiger charge is -2.22. The molecule has 0 aliphatic rings.